The number of nitrogens with zero attached hydrogens (tertiary/aromatic N) is 1. The van der Waals surface area contributed by atoms with E-state index in [4.69, 9.17) is 9.47 Å². The van der Waals surface area contributed by atoms with Crippen LogP contribution >= 0.6 is 0 Å². The summed E-state index contributed by atoms with van der Waals surface area (Å²) in [5.41, 5.74) is 3.51. The van der Waals surface area contributed by atoms with Crippen LogP contribution in [0.15, 0.2) is 54.5 Å². The van der Waals surface area contributed by atoms with Crippen LogP contribution in [0.25, 0.3) is 11.3 Å². The standard InChI is InChI=1S/C21H23FN4O3/c1-4-5-6-14(16(11-22)28-2)25-20-18-15(8-10-24-21(18)27)26-19(20)13-7-9-23-12-17(13)29-3/h4-7,9,11-12,25-26H,8,10H2,1-3H3,(H,24,27)/b5-4-,14-6+,16-11-. The Balaban J connectivity index is 2.21. The number of fused-ring (bicyclic) bond motifs is 1. The van der Waals surface area contributed by atoms with E-state index in [9.17, 15) is 9.18 Å². The fourth-order valence-corrected chi connectivity index (χ4v) is 3.18. The zero-order valence-electron chi connectivity index (χ0n) is 16.5. The fraction of sp³-hybridized carbons (Fsp3) is 0.238. The van der Waals surface area contributed by atoms with Crippen molar-refractivity contribution >= 4 is 11.6 Å². The summed E-state index contributed by atoms with van der Waals surface area (Å²) in [5, 5.41) is 6.03. The molecule has 0 saturated heterocycles. The third kappa shape index (κ3) is 4.01. The van der Waals surface area contributed by atoms with Gasteiger partial charge in [0.15, 0.2) is 5.76 Å². The van der Waals surface area contributed by atoms with Gasteiger partial charge in [0.2, 0.25) is 0 Å². The van der Waals surface area contributed by atoms with Gasteiger partial charge < -0.3 is 25.1 Å². The monoisotopic (exact) mass is 398 g/mol. The Labute approximate surface area is 168 Å². The lowest BCUT2D eigenvalue weighted by Gasteiger charge is -2.17. The number of amides is 1. The number of carbonyl (C=O) groups excluding carboxylic acids is 1. The first kappa shape index (κ1) is 20.2. The third-order valence-corrected chi connectivity index (χ3v) is 4.54. The molecule has 1 aliphatic rings. The maximum absolute atomic E-state index is 13.4. The molecule has 3 rings (SSSR count). The van der Waals surface area contributed by atoms with Crippen LogP contribution in [0, 0.1) is 0 Å². The minimum Gasteiger partial charge on any atom is -0.494 e. The average Bonchev–Trinajstić information content (AvgIpc) is 3.12. The molecule has 2 aromatic rings. The van der Waals surface area contributed by atoms with Gasteiger partial charge >= 0.3 is 0 Å². The van der Waals surface area contributed by atoms with Crippen molar-refractivity contribution in [3.63, 3.8) is 0 Å². The predicted molar refractivity (Wildman–Crippen MR) is 109 cm³/mol. The van der Waals surface area contributed by atoms with Crippen molar-refractivity contribution in [3.05, 3.63) is 65.7 Å². The van der Waals surface area contributed by atoms with E-state index in [1.165, 1.54) is 7.11 Å². The Hall–Kier alpha value is -3.55. The molecule has 8 heteroatoms. The lowest BCUT2D eigenvalue weighted by molar-refractivity contribution is 0.0947. The molecule has 1 amide bonds. The molecular weight excluding hydrogens is 375 g/mol. The van der Waals surface area contributed by atoms with Crippen molar-refractivity contribution in [2.45, 2.75) is 13.3 Å². The van der Waals surface area contributed by atoms with Gasteiger partial charge in [-0.05, 0) is 19.1 Å². The van der Waals surface area contributed by atoms with E-state index in [0.29, 0.717) is 47.7 Å². The number of nitrogens with one attached hydrogen (secondary N) is 3. The van der Waals surface area contributed by atoms with Crippen molar-refractivity contribution < 1.29 is 18.7 Å². The molecule has 7 nitrogen and oxygen atoms in total. The first-order valence-corrected chi connectivity index (χ1v) is 9.10. The van der Waals surface area contributed by atoms with Gasteiger partial charge in [-0.3, -0.25) is 9.78 Å². The minimum absolute atomic E-state index is 0.00177. The molecule has 152 valence electrons. The second-order valence-corrected chi connectivity index (χ2v) is 6.22. The number of aromatic amines is 1. The molecule has 2 aromatic heterocycles. The summed E-state index contributed by atoms with van der Waals surface area (Å²) in [4.78, 5) is 20.1. The Morgan fingerprint density at radius 3 is 2.90 bits per heavy atom. The number of methoxy groups -OCH3 is 2. The molecular formula is C21H23FN4O3. The Kier molecular flexibility index (Phi) is 6.33. The lowest BCUT2D eigenvalue weighted by atomic mass is 10.0. The highest BCUT2D eigenvalue weighted by molar-refractivity contribution is 6.06. The zero-order valence-corrected chi connectivity index (χ0v) is 16.5. The van der Waals surface area contributed by atoms with Gasteiger partial charge in [0.25, 0.3) is 5.91 Å². The molecule has 29 heavy (non-hydrogen) atoms. The van der Waals surface area contributed by atoms with E-state index in [2.05, 4.69) is 20.6 Å². The molecule has 1 aliphatic heterocycles. The van der Waals surface area contributed by atoms with Crippen LogP contribution in [0.4, 0.5) is 10.1 Å². The molecule has 0 saturated carbocycles. The van der Waals surface area contributed by atoms with Crippen LogP contribution in [-0.2, 0) is 11.2 Å². The number of hydrogen-bond donors (Lipinski definition) is 3. The lowest BCUT2D eigenvalue weighted by Crippen LogP contribution is -2.31. The topological polar surface area (TPSA) is 88.3 Å². The summed E-state index contributed by atoms with van der Waals surface area (Å²) in [6.07, 6.45) is 9.47. The predicted octanol–water partition coefficient (Wildman–Crippen LogP) is 3.70. The summed E-state index contributed by atoms with van der Waals surface area (Å²) >= 11 is 0. The van der Waals surface area contributed by atoms with Crippen LogP contribution < -0.4 is 15.4 Å². The van der Waals surface area contributed by atoms with Crippen LogP contribution in [0.1, 0.15) is 23.0 Å². The van der Waals surface area contributed by atoms with Gasteiger partial charge in [-0.15, -0.1) is 0 Å². The molecule has 0 atom stereocenters. The number of carbonyl (C=O) groups is 1. The number of rotatable bonds is 7. The largest absolute Gasteiger partial charge is 0.494 e. The van der Waals surface area contributed by atoms with Crippen LogP contribution in [-0.4, -0.2) is 36.6 Å². The van der Waals surface area contributed by atoms with E-state index in [1.807, 2.05) is 6.92 Å². The molecule has 0 radical (unpaired) electrons. The first-order valence-electron chi connectivity index (χ1n) is 9.10. The molecule has 0 aromatic carbocycles. The van der Waals surface area contributed by atoms with Gasteiger partial charge in [0, 0.05) is 30.4 Å². The Bertz CT molecular complexity index is 992. The van der Waals surface area contributed by atoms with Crippen LogP contribution in [0.2, 0.25) is 0 Å². The maximum atomic E-state index is 13.4. The highest BCUT2D eigenvalue weighted by Crippen LogP contribution is 2.39. The molecule has 3 heterocycles. The van der Waals surface area contributed by atoms with Gasteiger partial charge in [0.1, 0.15) is 12.1 Å². The van der Waals surface area contributed by atoms with Crippen molar-refractivity contribution in [2.75, 3.05) is 26.1 Å². The summed E-state index contributed by atoms with van der Waals surface area (Å²) in [5.74, 6) is 0.335. The van der Waals surface area contributed by atoms with Gasteiger partial charge in [-0.25, -0.2) is 4.39 Å². The van der Waals surface area contributed by atoms with E-state index in [0.717, 1.165) is 11.3 Å². The summed E-state index contributed by atoms with van der Waals surface area (Å²) in [7, 11) is 2.93. The Morgan fingerprint density at radius 2 is 2.21 bits per heavy atom. The van der Waals surface area contributed by atoms with E-state index in [1.54, 1.807) is 43.8 Å². The SMILES string of the molecule is C\C=C/C=C(Nc1c(-c2ccncc2OC)[nH]c2c1C(=O)NCC2)\C(=C\F)OC. The second kappa shape index (κ2) is 9.09. The van der Waals surface area contributed by atoms with Gasteiger partial charge in [-0.1, -0.05) is 12.2 Å². The van der Waals surface area contributed by atoms with E-state index in [-0.39, 0.29) is 11.7 Å². The van der Waals surface area contributed by atoms with Gasteiger partial charge in [0.05, 0.1) is 43.1 Å². The maximum Gasteiger partial charge on any atom is 0.255 e. The number of pyridine rings is 1. The van der Waals surface area contributed by atoms with Crippen molar-refractivity contribution in [2.24, 2.45) is 0 Å². The number of halogens is 1. The summed E-state index contributed by atoms with van der Waals surface area (Å²) in [6, 6.07) is 1.79. The summed E-state index contributed by atoms with van der Waals surface area (Å²) in [6.45, 7) is 2.38. The fourth-order valence-electron chi connectivity index (χ4n) is 3.18. The molecule has 0 aliphatic carbocycles. The normalized spacial score (nSPS) is 14.6. The highest BCUT2D eigenvalue weighted by atomic mass is 19.1. The number of H-pyrrole nitrogens is 1. The zero-order chi connectivity index (χ0) is 20.8. The third-order valence-electron chi connectivity index (χ3n) is 4.54. The van der Waals surface area contributed by atoms with E-state index < -0.39 is 0 Å². The molecule has 3 N–H and O–H groups in total. The molecule has 0 bridgehead atoms. The quantitative estimate of drug-likeness (QED) is 0.489. The van der Waals surface area contributed by atoms with Crippen molar-refractivity contribution in [1.82, 2.24) is 15.3 Å². The first-order chi connectivity index (χ1) is 14.1. The van der Waals surface area contributed by atoms with Gasteiger partial charge in [-0.2, -0.15) is 0 Å². The average molecular weight is 398 g/mol. The van der Waals surface area contributed by atoms with Crippen molar-refractivity contribution in [1.29, 1.82) is 0 Å². The number of anilines is 1. The number of aromatic nitrogens is 2. The van der Waals surface area contributed by atoms with Crippen molar-refractivity contribution in [3.8, 4) is 17.0 Å². The number of hydrogen-bond acceptors (Lipinski definition) is 5. The Morgan fingerprint density at radius 1 is 1.38 bits per heavy atom. The van der Waals surface area contributed by atoms with Crippen LogP contribution in [0.5, 0.6) is 5.75 Å². The van der Waals surface area contributed by atoms with E-state index >= 15 is 0 Å². The number of ether oxygens (including phenoxy) is 2. The number of allylic oxidation sites excluding steroid dienone is 3. The van der Waals surface area contributed by atoms with Crippen LogP contribution in [0.3, 0.4) is 0 Å². The molecule has 0 spiro atoms. The second-order valence-electron chi connectivity index (χ2n) is 6.22. The highest BCUT2D eigenvalue weighted by Gasteiger charge is 2.28. The minimum atomic E-state index is -0.210. The molecule has 0 fully saturated rings. The summed E-state index contributed by atoms with van der Waals surface area (Å²) < 4.78 is 24.0. The molecule has 0 unspecified atom stereocenters. The smallest absolute Gasteiger partial charge is 0.255 e.